The van der Waals surface area contributed by atoms with E-state index in [2.05, 4.69) is 27.5 Å². The number of unbranched alkanes of at least 4 members (excludes halogenated alkanes) is 1. The van der Waals surface area contributed by atoms with Crippen LogP contribution in [-0.4, -0.2) is 35.5 Å². The molecule has 1 aromatic carbocycles. The van der Waals surface area contributed by atoms with E-state index >= 15 is 0 Å². The van der Waals surface area contributed by atoms with E-state index in [9.17, 15) is 9.59 Å². The zero-order valence-corrected chi connectivity index (χ0v) is 14.6. The normalized spacial score (nSPS) is 10.2. The van der Waals surface area contributed by atoms with Crippen LogP contribution in [0, 0.1) is 6.92 Å². The van der Waals surface area contributed by atoms with Crippen LogP contribution in [0.1, 0.15) is 46.4 Å². The number of para-hydroxylation sites is 1. The molecule has 0 aliphatic heterocycles. The number of anilines is 2. The van der Waals surface area contributed by atoms with Gasteiger partial charge in [0.1, 0.15) is 17.3 Å². The van der Waals surface area contributed by atoms with Crippen LogP contribution in [-0.2, 0) is 4.74 Å². The van der Waals surface area contributed by atoms with Crippen molar-refractivity contribution in [1.29, 1.82) is 0 Å². The highest BCUT2D eigenvalue weighted by molar-refractivity contribution is 6.07. The summed E-state index contributed by atoms with van der Waals surface area (Å²) in [5.74, 6) is 0.164. The van der Waals surface area contributed by atoms with Crippen LogP contribution in [0.3, 0.4) is 0 Å². The van der Waals surface area contributed by atoms with E-state index in [4.69, 9.17) is 4.74 Å². The fraction of sp³-hybridized carbons (Fsp3) is 0.333. The molecule has 0 spiro atoms. The average molecular weight is 342 g/mol. The molecule has 0 bridgehead atoms. The molecular weight excluding hydrogens is 320 g/mol. The lowest BCUT2D eigenvalue weighted by Crippen LogP contribution is -2.18. The molecule has 1 heterocycles. The Morgan fingerprint density at radius 1 is 1.20 bits per heavy atom. The molecule has 0 unspecified atom stereocenters. The molecule has 0 saturated carbocycles. The molecule has 1 amide bonds. The van der Waals surface area contributed by atoms with Crippen LogP contribution in [0.15, 0.2) is 30.3 Å². The maximum absolute atomic E-state index is 12.5. The van der Waals surface area contributed by atoms with E-state index in [0.29, 0.717) is 17.3 Å². The van der Waals surface area contributed by atoms with Crippen molar-refractivity contribution in [2.75, 3.05) is 24.3 Å². The molecule has 132 valence electrons. The van der Waals surface area contributed by atoms with Gasteiger partial charge < -0.3 is 15.4 Å². The summed E-state index contributed by atoms with van der Waals surface area (Å²) < 4.78 is 4.73. The standard InChI is InChI=1S/C18H22N4O3/c1-4-5-10-19-16-11-15(20-12(2)21-16)17(23)22-14-9-7-6-8-13(14)18(24)25-3/h6-9,11H,4-5,10H2,1-3H3,(H,22,23)(H,19,20,21). The van der Waals surface area contributed by atoms with Gasteiger partial charge in [0.25, 0.3) is 5.91 Å². The molecule has 0 aliphatic rings. The number of nitrogens with one attached hydrogen (secondary N) is 2. The molecule has 7 nitrogen and oxygen atoms in total. The fourth-order valence-electron chi connectivity index (χ4n) is 2.23. The number of ether oxygens (including phenoxy) is 1. The van der Waals surface area contributed by atoms with Crippen molar-refractivity contribution in [3.8, 4) is 0 Å². The predicted octanol–water partition coefficient (Wildman–Crippen LogP) is 3.04. The number of hydrogen-bond donors (Lipinski definition) is 2. The molecule has 7 heteroatoms. The summed E-state index contributed by atoms with van der Waals surface area (Å²) in [6, 6.07) is 8.25. The topological polar surface area (TPSA) is 93.2 Å². The van der Waals surface area contributed by atoms with Crippen molar-refractivity contribution < 1.29 is 14.3 Å². The summed E-state index contributed by atoms with van der Waals surface area (Å²) in [6.45, 7) is 4.61. The number of aryl methyl sites for hydroxylation is 1. The van der Waals surface area contributed by atoms with Gasteiger partial charge in [-0.05, 0) is 25.5 Å². The molecular formula is C18H22N4O3. The number of rotatable bonds is 7. The van der Waals surface area contributed by atoms with Crippen LogP contribution in [0.4, 0.5) is 11.5 Å². The predicted molar refractivity (Wildman–Crippen MR) is 95.9 cm³/mol. The zero-order chi connectivity index (χ0) is 18.2. The van der Waals surface area contributed by atoms with Crippen molar-refractivity contribution in [1.82, 2.24) is 9.97 Å². The first-order chi connectivity index (χ1) is 12.0. The number of benzene rings is 1. The van der Waals surface area contributed by atoms with Crippen molar-refractivity contribution in [3.63, 3.8) is 0 Å². The van der Waals surface area contributed by atoms with Gasteiger partial charge in [-0.25, -0.2) is 14.8 Å². The van der Waals surface area contributed by atoms with E-state index in [0.717, 1.165) is 19.4 Å². The molecule has 0 fully saturated rings. The van der Waals surface area contributed by atoms with Crippen LogP contribution < -0.4 is 10.6 Å². The lowest BCUT2D eigenvalue weighted by atomic mass is 10.1. The summed E-state index contributed by atoms with van der Waals surface area (Å²) >= 11 is 0. The number of amides is 1. The van der Waals surface area contributed by atoms with E-state index in [1.54, 1.807) is 37.3 Å². The third kappa shape index (κ3) is 5.00. The van der Waals surface area contributed by atoms with Gasteiger partial charge in [-0.15, -0.1) is 0 Å². The molecule has 0 atom stereocenters. The first-order valence-electron chi connectivity index (χ1n) is 8.13. The molecule has 1 aromatic heterocycles. The summed E-state index contributed by atoms with van der Waals surface area (Å²) in [5.41, 5.74) is 0.882. The van der Waals surface area contributed by atoms with Crippen molar-refractivity contribution in [3.05, 3.63) is 47.4 Å². The number of carbonyl (C=O) groups is 2. The first-order valence-corrected chi connectivity index (χ1v) is 8.13. The Kier molecular flexibility index (Phi) is 6.45. The SMILES string of the molecule is CCCCNc1cc(C(=O)Nc2ccccc2C(=O)OC)nc(C)n1. The minimum absolute atomic E-state index is 0.228. The van der Waals surface area contributed by atoms with E-state index < -0.39 is 11.9 Å². The molecule has 2 aromatic rings. The highest BCUT2D eigenvalue weighted by Crippen LogP contribution is 2.17. The highest BCUT2D eigenvalue weighted by atomic mass is 16.5. The first kappa shape index (κ1) is 18.4. The number of methoxy groups -OCH3 is 1. The van der Waals surface area contributed by atoms with Crippen molar-refractivity contribution in [2.24, 2.45) is 0 Å². The fourth-order valence-corrected chi connectivity index (χ4v) is 2.23. The van der Waals surface area contributed by atoms with Crippen molar-refractivity contribution in [2.45, 2.75) is 26.7 Å². The average Bonchev–Trinajstić information content (AvgIpc) is 2.61. The Bertz CT molecular complexity index is 762. The molecule has 2 rings (SSSR count). The van der Waals surface area contributed by atoms with Gasteiger partial charge in [0, 0.05) is 12.6 Å². The highest BCUT2D eigenvalue weighted by Gasteiger charge is 2.16. The van der Waals surface area contributed by atoms with Crippen LogP contribution in [0.2, 0.25) is 0 Å². The lowest BCUT2D eigenvalue weighted by Gasteiger charge is -2.11. The van der Waals surface area contributed by atoms with Crippen molar-refractivity contribution >= 4 is 23.4 Å². The Labute approximate surface area is 146 Å². The molecule has 25 heavy (non-hydrogen) atoms. The molecule has 0 aliphatic carbocycles. The van der Waals surface area contributed by atoms with Crippen LogP contribution in [0.25, 0.3) is 0 Å². The number of hydrogen-bond acceptors (Lipinski definition) is 6. The third-order valence-corrected chi connectivity index (χ3v) is 3.49. The monoisotopic (exact) mass is 342 g/mol. The summed E-state index contributed by atoms with van der Waals surface area (Å²) in [5, 5.41) is 5.88. The van der Waals surface area contributed by atoms with Crippen LogP contribution in [0.5, 0.6) is 0 Å². The lowest BCUT2D eigenvalue weighted by molar-refractivity contribution is 0.0602. The van der Waals surface area contributed by atoms with Gasteiger partial charge in [-0.3, -0.25) is 4.79 Å². The maximum atomic E-state index is 12.5. The Morgan fingerprint density at radius 3 is 2.68 bits per heavy atom. The molecule has 2 N–H and O–H groups in total. The minimum atomic E-state index is -0.517. The largest absolute Gasteiger partial charge is 0.465 e. The maximum Gasteiger partial charge on any atom is 0.339 e. The van der Waals surface area contributed by atoms with Gasteiger partial charge >= 0.3 is 5.97 Å². The van der Waals surface area contributed by atoms with Gasteiger partial charge in [0.05, 0.1) is 18.4 Å². The molecule has 0 radical (unpaired) electrons. The second kappa shape index (κ2) is 8.77. The Hall–Kier alpha value is -2.96. The summed E-state index contributed by atoms with van der Waals surface area (Å²) in [6.07, 6.45) is 2.08. The van der Waals surface area contributed by atoms with Gasteiger partial charge in [-0.2, -0.15) is 0 Å². The second-order valence-electron chi connectivity index (χ2n) is 5.46. The van der Waals surface area contributed by atoms with Gasteiger partial charge in [-0.1, -0.05) is 25.5 Å². The number of nitrogens with zero attached hydrogens (tertiary/aromatic N) is 2. The smallest absolute Gasteiger partial charge is 0.339 e. The van der Waals surface area contributed by atoms with Gasteiger partial charge in [0.2, 0.25) is 0 Å². The molecule has 0 saturated heterocycles. The third-order valence-electron chi connectivity index (χ3n) is 3.49. The number of esters is 1. The summed E-state index contributed by atoms with van der Waals surface area (Å²) in [4.78, 5) is 32.8. The number of carbonyl (C=O) groups excluding carboxylic acids is 2. The number of aromatic nitrogens is 2. The zero-order valence-electron chi connectivity index (χ0n) is 14.6. The van der Waals surface area contributed by atoms with E-state index in [-0.39, 0.29) is 11.3 Å². The minimum Gasteiger partial charge on any atom is -0.465 e. The second-order valence-corrected chi connectivity index (χ2v) is 5.46. The summed E-state index contributed by atoms with van der Waals surface area (Å²) in [7, 11) is 1.29. The van der Waals surface area contributed by atoms with E-state index in [1.165, 1.54) is 7.11 Å². The quantitative estimate of drug-likeness (QED) is 0.593. The Morgan fingerprint density at radius 2 is 1.96 bits per heavy atom. The van der Waals surface area contributed by atoms with E-state index in [1.807, 2.05) is 0 Å². The van der Waals surface area contributed by atoms with Gasteiger partial charge in [0.15, 0.2) is 0 Å². The Balaban J connectivity index is 2.20. The van der Waals surface area contributed by atoms with Crippen LogP contribution >= 0.6 is 0 Å².